The van der Waals surface area contributed by atoms with Crippen LogP contribution >= 0.6 is 0 Å². The van der Waals surface area contributed by atoms with Gasteiger partial charge in [0.05, 0.1) is 29.4 Å². The molecule has 5 heterocycles. The van der Waals surface area contributed by atoms with Crippen LogP contribution in [0.2, 0.25) is 0 Å². The van der Waals surface area contributed by atoms with Crippen LogP contribution in [0.5, 0.6) is 5.75 Å². The lowest BCUT2D eigenvalue weighted by Crippen LogP contribution is -2.61. The molecule has 4 aromatic rings. The van der Waals surface area contributed by atoms with E-state index in [2.05, 4.69) is 36.9 Å². The highest BCUT2D eigenvalue weighted by Gasteiger charge is 2.48. The Morgan fingerprint density at radius 1 is 1.09 bits per heavy atom. The van der Waals surface area contributed by atoms with E-state index in [1.807, 2.05) is 0 Å². The maximum atomic E-state index is 15.5. The molecule has 0 radical (unpaired) electrons. The van der Waals surface area contributed by atoms with Crippen LogP contribution in [0.3, 0.4) is 0 Å². The van der Waals surface area contributed by atoms with Crippen molar-refractivity contribution in [2.24, 2.45) is 0 Å². The lowest BCUT2D eigenvalue weighted by molar-refractivity contribution is -0.271. The fraction of sp³-hybridized carbons (Fsp3) is 0.448. The second kappa shape index (κ2) is 12.7. The topological polar surface area (TPSA) is 227 Å². The Kier molecular flexibility index (Phi) is 8.65. The van der Waals surface area contributed by atoms with E-state index in [0.29, 0.717) is 61.8 Å². The maximum absolute atomic E-state index is 15.5. The Labute approximate surface area is 265 Å². The number of carboxylic acids is 1. The molecule has 3 aromatic heterocycles. The van der Waals surface area contributed by atoms with Crippen LogP contribution in [0.15, 0.2) is 18.3 Å². The number of carboxylic acid groups (broad SMARTS) is 1. The first-order valence-corrected chi connectivity index (χ1v) is 14.7. The number of anilines is 2. The van der Waals surface area contributed by atoms with Crippen molar-refractivity contribution < 1.29 is 43.9 Å². The van der Waals surface area contributed by atoms with Gasteiger partial charge >= 0.3 is 5.97 Å². The summed E-state index contributed by atoms with van der Waals surface area (Å²) in [6.07, 6.45) is -7.78. The Bertz CT molecular complexity index is 1910. The summed E-state index contributed by atoms with van der Waals surface area (Å²) in [5.41, 5.74) is 7.32. The van der Waals surface area contributed by atoms with E-state index in [9.17, 15) is 30.0 Å². The molecule has 2 saturated heterocycles. The first kappa shape index (κ1) is 32.0. The van der Waals surface area contributed by atoms with E-state index >= 15 is 4.39 Å². The monoisotopic (exact) mass is 653 g/mol. The second-order valence-corrected chi connectivity index (χ2v) is 11.2. The molecular weight excluding hydrogens is 621 g/mol. The van der Waals surface area contributed by atoms with Gasteiger partial charge in [0.2, 0.25) is 18.1 Å². The van der Waals surface area contributed by atoms with Gasteiger partial charge in [-0.1, -0.05) is 5.92 Å². The zero-order valence-electron chi connectivity index (χ0n) is 25.3. The van der Waals surface area contributed by atoms with E-state index in [0.717, 1.165) is 6.07 Å². The van der Waals surface area contributed by atoms with Gasteiger partial charge in [-0.2, -0.15) is 19.6 Å². The number of rotatable bonds is 8. The minimum Gasteiger partial charge on any atom is -0.479 e. The zero-order valence-corrected chi connectivity index (χ0v) is 25.3. The molecule has 0 spiro atoms. The molecule has 1 aromatic carbocycles. The van der Waals surface area contributed by atoms with Crippen LogP contribution in [0, 0.1) is 17.7 Å². The lowest BCUT2D eigenvalue weighted by atomic mass is 9.99. The molecule has 0 amide bonds. The van der Waals surface area contributed by atoms with Gasteiger partial charge in [-0.3, -0.25) is 9.69 Å². The minimum atomic E-state index is -1.93. The van der Waals surface area contributed by atoms with Crippen molar-refractivity contribution >= 4 is 40.1 Å². The molecule has 2 aliphatic rings. The Balaban J connectivity index is 1.12. The molecule has 0 bridgehead atoms. The highest BCUT2D eigenvalue weighted by molar-refractivity contribution is 5.98. The zero-order chi connectivity index (χ0) is 33.6. The van der Waals surface area contributed by atoms with E-state index in [1.165, 1.54) is 17.5 Å². The van der Waals surface area contributed by atoms with E-state index in [4.69, 9.17) is 15.2 Å². The number of fused-ring (bicyclic) bond motifs is 3. The van der Waals surface area contributed by atoms with Crippen molar-refractivity contribution in [3.63, 3.8) is 0 Å². The number of benzene rings is 1. The number of ketones is 1. The van der Waals surface area contributed by atoms with Crippen LogP contribution in [0.4, 0.5) is 16.0 Å². The quantitative estimate of drug-likeness (QED) is 0.112. The fourth-order valence-electron chi connectivity index (χ4n) is 5.67. The van der Waals surface area contributed by atoms with E-state index in [1.54, 1.807) is 22.7 Å². The molecule has 2 aliphatic heterocycles. The Morgan fingerprint density at radius 2 is 1.83 bits per heavy atom. The molecule has 248 valence electrons. The standard InChI is InChI=1S/C29H32FN9O8/c1-3-4-20-33-26-16-13-32-38(25(16)34-29(31)39(26)35-20)10-7-36-5-8-37(9-6-36)18-11-15(14(2)40)19(12-17(18)30)46-28-23(43)21(41)22(42)24(47-28)27(44)45/h11-13,21-24,28,41-43H,5-10H2,1-2H3,(H2,31,34)(H,44,45). The SMILES string of the molecule is CC#Cc1nc2c3cnn(CCN4CCN(c5cc(C(C)=O)c(OC6OC(C(=O)O)C(O)C(O)C6O)cc5F)CC4)c3nc(N)n2n1. The summed E-state index contributed by atoms with van der Waals surface area (Å²) in [6.45, 7) is 6.08. The normalized spacial score (nSPS) is 23.5. The van der Waals surface area contributed by atoms with Gasteiger partial charge in [-0.05, 0) is 25.8 Å². The summed E-state index contributed by atoms with van der Waals surface area (Å²) in [4.78, 5) is 36.9. The van der Waals surface area contributed by atoms with Crippen molar-refractivity contribution in [1.82, 2.24) is 34.3 Å². The van der Waals surface area contributed by atoms with Crippen molar-refractivity contribution in [3.8, 4) is 17.6 Å². The molecule has 18 heteroatoms. The number of hydrogen-bond acceptors (Lipinski definition) is 14. The number of ether oxygens (including phenoxy) is 2. The van der Waals surface area contributed by atoms with Gasteiger partial charge in [0, 0.05) is 38.8 Å². The molecule has 6 N–H and O–H groups in total. The number of hydrogen-bond donors (Lipinski definition) is 5. The average Bonchev–Trinajstić information content (AvgIpc) is 3.65. The molecule has 6 rings (SSSR count). The smallest absolute Gasteiger partial charge is 0.335 e. The number of nitrogens with two attached hydrogens (primary N) is 1. The number of halogens is 1. The van der Waals surface area contributed by atoms with Gasteiger partial charge in [-0.25, -0.2) is 13.9 Å². The molecule has 5 unspecified atom stereocenters. The fourth-order valence-corrected chi connectivity index (χ4v) is 5.67. The number of nitrogens with zero attached hydrogens (tertiary/aromatic N) is 8. The second-order valence-electron chi connectivity index (χ2n) is 11.2. The van der Waals surface area contributed by atoms with Crippen LogP contribution in [0.1, 0.15) is 30.0 Å². The number of carbonyl (C=O) groups is 2. The lowest BCUT2D eigenvalue weighted by Gasteiger charge is -2.39. The molecule has 5 atom stereocenters. The van der Waals surface area contributed by atoms with Gasteiger partial charge in [0.1, 0.15) is 29.9 Å². The van der Waals surface area contributed by atoms with Crippen LogP contribution in [-0.2, 0) is 16.1 Å². The van der Waals surface area contributed by atoms with E-state index in [-0.39, 0.29) is 22.9 Å². The Morgan fingerprint density at radius 3 is 2.51 bits per heavy atom. The molecular formula is C29H32FN9O8. The van der Waals surface area contributed by atoms with Gasteiger partial charge < -0.3 is 40.5 Å². The number of nitrogen functional groups attached to an aromatic ring is 1. The predicted octanol–water partition coefficient (Wildman–Crippen LogP) is -1.14. The third-order valence-corrected chi connectivity index (χ3v) is 8.16. The van der Waals surface area contributed by atoms with Crippen molar-refractivity contribution in [2.45, 2.75) is 51.1 Å². The van der Waals surface area contributed by atoms with Crippen LogP contribution < -0.4 is 15.4 Å². The van der Waals surface area contributed by atoms with Crippen molar-refractivity contribution in [2.75, 3.05) is 43.4 Å². The summed E-state index contributed by atoms with van der Waals surface area (Å²) in [6, 6.07) is 2.28. The van der Waals surface area contributed by atoms with Gasteiger partial charge in [0.25, 0.3) is 0 Å². The first-order valence-electron chi connectivity index (χ1n) is 14.7. The van der Waals surface area contributed by atoms with E-state index < -0.39 is 48.3 Å². The number of aliphatic hydroxyl groups is 3. The highest BCUT2D eigenvalue weighted by atomic mass is 19.1. The highest BCUT2D eigenvalue weighted by Crippen LogP contribution is 2.33. The largest absolute Gasteiger partial charge is 0.479 e. The average molecular weight is 654 g/mol. The molecule has 0 saturated carbocycles. The number of aliphatic carboxylic acids is 1. The summed E-state index contributed by atoms with van der Waals surface area (Å²) in [7, 11) is 0. The summed E-state index contributed by atoms with van der Waals surface area (Å²) in [5, 5.41) is 49.0. The molecule has 47 heavy (non-hydrogen) atoms. The third-order valence-electron chi connectivity index (χ3n) is 8.16. The number of aromatic nitrogens is 6. The summed E-state index contributed by atoms with van der Waals surface area (Å²) in [5.74, 6) is 2.94. The maximum Gasteiger partial charge on any atom is 0.335 e. The summed E-state index contributed by atoms with van der Waals surface area (Å²) >= 11 is 0. The minimum absolute atomic E-state index is 0.0416. The number of carbonyl (C=O) groups excluding carboxylic acids is 1. The first-order chi connectivity index (χ1) is 22.5. The van der Waals surface area contributed by atoms with Crippen LogP contribution in [-0.4, -0.2) is 130 Å². The summed E-state index contributed by atoms with van der Waals surface area (Å²) < 4.78 is 29.3. The number of piperazine rings is 1. The molecule has 17 nitrogen and oxygen atoms in total. The molecule has 2 fully saturated rings. The van der Waals surface area contributed by atoms with Gasteiger partial charge in [-0.15, -0.1) is 5.10 Å². The number of Topliss-reactive ketones (excluding diaryl/α,β-unsaturated/α-hetero) is 1. The van der Waals surface area contributed by atoms with Gasteiger partial charge in [0.15, 0.2) is 23.2 Å². The van der Waals surface area contributed by atoms with Crippen LogP contribution in [0.25, 0.3) is 16.7 Å². The van der Waals surface area contributed by atoms with Crippen molar-refractivity contribution in [3.05, 3.63) is 35.5 Å². The van der Waals surface area contributed by atoms with Crippen molar-refractivity contribution in [1.29, 1.82) is 0 Å². The predicted molar refractivity (Wildman–Crippen MR) is 161 cm³/mol. The third kappa shape index (κ3) is 6.02. The molecule has 0 aliphatic carbocycles. The Hall–Kier alpha value is -4.93. The number of aliphatic hydroxyl groups excluding tert-OH is 3.